The lowest BCUT2D eigenvalue weighted by atomic mass is 10.2. The Morgan fingerprint density at radius 2 is 2.14 bits per heavy atom. The first-order valence-corrected chi connectivity index (χ1v) is 4.29. The zero-order valence-corrected chi connectivity index (χ0v) is 8.63. The molecular formula is C10H14N2O2. The number of carbonyl (C=O) groups excluding carboxylic acids is 1. The van der Waals surface area contributed by atoms with Gasteiger partial charge in [0.05, 0.1) is 0 Å². The Labute approximate surface area is 83.4 Å². The number of amidine groups is 1. The van der Waals surface area contributed by atoms with E-state index < -0.39 is 11.7 Å². The van der Waals surface area contributed by atoms with Gasteiger partial charge in [0, 0.05) is 11.8 Å². The Morgan fingerprint density at radius 3 is 2.50 bits per heavy atom. The maximum absolute atomic E-state index is 11.5. The second-order valence-electron chi connectivity index (χ2n) is 4.04. The lowest BCUT2D eigenvalue weighted by Crippen LogP contribution is -2.35. The van der Waals surface area contributed by atoms with E-state index in [-0.39, 0.29) is 5.84 Å². The van der Waals surface area contributed by atoms with Crippen molar-refractivity contribution < 1.29 is 9.53 Å². The van der Waals surface area contributed by atoms with Crippen molar-refractivity contribution in [1.29, 1.82) is 5.41 Å². The van der Waals surface area contributed by atoms with Crippen LogP contribution in [0.15, 0.2) is 24.4 Å². The van der Waals surface area contributed by atoms with E-state index in [9.17, 15) is 4.79 Å². The fraction of sp³-hybridized carbons (Fsp3) is 0.400. The zero-order chi connectivity index (χ0) is 10.9. The SMILES string of the molecule is C=C1C=CN(C(=O)OC(C)(C)C)C1=N. The molecule has 0 unspecified atom stereocenters. The molecule has 4 heteroatoms. The van der Waals surface area contributed by atoms with Gasteiger partial charge < -0.3 is 4.74 Å². The molecule has 76 valence electrons. The van der Waals surface area contributed by atoms with Crippen LogP contribution in [0.3, 0.4) is 0 Å². The van der Waals surface area contributed by atoms with Crippen molar-refractivity contribution in [2.45, 2.75) is 26.4 Å². The highest BCUT2D eigenvalue weighted by molar-refractivity contribution is 6.09. The van der Waals surface area contributed by atoms with Crippen LogP contribution in [-0.2, 0) is 4.74 Å². The van der Waals surface area contributed by atoms with Gasteiger partial charge in [0.2, 0.25) is 0 Å². The van der Waals surface area contributed by atoms with Gasteiger partial charge in [-0.2, -0.15) is 0 Å². The van der Waals surface area contributed by atoms with E-state index >= 15 is 0 Å². The number of ether oxygens (including phenoxy) is 1. The number of hydrogen-bond acceptors (Lipinski definition) is 3. The van der Waals surface area contributed by atoms with Gasteiger partial charge in [-0.15, -0.1) is 0 Å². The second-order valence-corrected chi connectivity index (χ2v) is 4.04. The molecule has 0 aromatic rings. The normalized spacial score (nSPS) is 16.4. The van der Waals surface area contributed by atoms with Crippen LogP contribution in [0, 0.1) is 5.41 Å². The summed E-state index contributed by atoms with van der Waals surface area (Å²) in [5.41, 5.74) is -0.0364. The molecule has 0 radical (unpaired) electrons. The third kappa shape index (κ3) is 2.22. The van der Waals surface area contributed by atoms with E-state index in [0.717, 1.165) is 4.90 Å². The number of hydrogen-bond donors (Lipinski definition) is 1. The van der Waals surface area contributed by atoms with E-state index in [4.69, 9.17) is 10.1 Å². The van der Waals surface area contributed by atoms with Crippen molar-refractivity contribution in [1.82, 2.24) is 4.90 Å². The first kappa shape index (κ1) is 10.5. The minimum absolute atomic E-state index is 0.0688. The molecule has 0 aromatic carbocycles. The van der Waals surface area contributed by atoms with E-state index in [1.165, 1.54) is 6.20 Å². The highest BCUT2D eigenvalue weighted by Crippen LogP contribution is 2.16. The lowest BCUT2D eigenvalue weighted by molar-refractivity contribution is 0.0429. The first-order valence-electron chi connectivity index (χ1n) is 4.29. The summed E-state index contributed by atoms with van der Waals surface area (Å²) in [6.45, 7) is 8.95. The molecule has 1 amide bonds. The molecule has 1 rings (SSSR count). The third-order valence-electron chi connectivity index (χ3n) is 1.56. The Hall–Kier alpha value is -1.58. The predicted octanol–water partition coefficient (Wildman–Crippen LogP) is 2.28. The standard InChI is InChI=1S/C10H14N2O2/c1-7-5-6-12(8(7)11)9(13)14-10(2,3)4/h5-6,11H,1H2,2-4H3. The van der Waals surface area contributed by atoms with Crippen LogP contribution in [0.1, 0.15) is 20.8 Å². The molecule has 1 aliphatic heterocycles. The van der Waals surface area contributed by atoms with Gasteiger partial charge >= 0.3 is 6.09 Å². The monoisotopic (exact) mass is 194 g/mol. The van der Waals surface area contributed by atoms with E-state index in [2.05, 4.69) is 6.58 Å². The zero-order valence-electron chi connectivity index (χ0n) is 8.63. The molecule has 0 saturated heterocycles. The second kappa shape index (κ2) is 3.29. The molecule has 4 nitrogen and oxygen atoms in total. The van der Waals surface area contributed by atoms with E-state index in [1.54, 1.807) is 26.8 Å². The maximum atomic E-state index is 11.5. The molecule has 0 bridgehead atoms. The molecule has 0 aliphatic carbocycles. The molecular weight excluding hydrogens is 180 g/mol. The number of carbonyl (C=O) groups is 1. The molecule has 0 atom stereocenters. The molecule has 1 heterocycles. The fourth-order valence-corrected chi connectivity index (χ4v) is 0.936. The van der Waals surface area contributed by atoms with Gasteiger partial charge in [-0.1, -0.05) is 6.58 Å². The first-order chi connectivity index (χ1) is 6.31. The number of nitrogens with one attached hydrogen (secondary N) is 1. The van der Waals surface area contributed by atoms with Crippen molar-refractivity contribution >= 4 is 11.9 Å². The Morgan fingerprint density at radius 1 is 1.57 bits per heavy atom. The summed E-state index contributed by atoms with van der Waals surface area (Å²) in [4.78, 5) is 12.6. The van der Waals surface area contributed by atoms with Crippen molar-refractivity contribution in [3.63, 3.8) is 0 Å². The van der Waals surface area contributed by atoms with Crippen LogP contribution < -0.4 is 0 Å². The average Bonchev–Trinajstić information content (AvgIpc) is 2.29. The Balaban J connectivity index is 2.69. The highest BCUT2D eigenvalue weighted by Gasteiger charge is 2.26. The Bertz CT molecular complexity index is 324. The van der Waals surface area contributed by atoms with Gasteiger partial charge in [-0.25, -0.2) is 9.69 Å². The summed E-state index contributed by atoms with van der Waals surface area (Å²) in [6.07, 6.45) is 2.54. The predicted molar refractivity (Wildman–Crippen MR) is 54.1 cm³/mol. The summed E-state index contributed by atoms with van der Waals surface area (Å²) < 4.78 is 5.09. The quantitative estimate of drug-likeness (QED) is 0.643. The topological polar surface area (TPSA) is 53.4 Å². The Kier molecular flexibility index (Phi) is 2.47. The molecule has 0 fully saturated rings. The fourth-order valence-electron chi connectivity index (χ4n) is 0.936. The average molecular weight is 194 g/mol. The largest absolute Gasteiger partial charge is 0.443 e. The van der Waals surface area contributed by atoms with Crippen LogP contribution in [-0.4, -0.2) is 22.4 Å². The molecule has 0 saturated carbocycles. The molecule has 14 heavy (non-hydrogen) atoms. The van der Waals surface area contributed by atoms with Gasteiger partial charge in [0.25, 0.3) is 0 Å². The molecule has 0 spiro atoms. The number of rotatable bonds is 0. The van der Waals surface area contributed by atoms with E-state index in [0.29, 0.717) is 5.57 Å². The van der Waals surface area contributed by atoms with Gasteiger partial charge in [0.15, 0.2) is 0 Å². The van der Waals surface area contributed by atoms with Gasteiger partial charge in [-0.05, 0) is 26.8 Å². The van der Waals surface area contributed by atoms with E-state index in [1.807, 2.05) is 0 Å². The van der Waals surface area contributed by atoms with Crippen LogP contribution in [0.25, 0.3) is 0 Å². The smallest absolute Gasteiger partial charge is 0.420 e. The number of nitrogens with zero attached hydrogens (tertiary/aromatic N) is 1. The molecule has 1 aliphatic rings. The van der Waals surface area contributed by atoms with Crippen molar-refractivity contribution in [2.75, 3.05) is 0 Å². The summed E-state index contributed by atoms with van der Waals surface area (Å²) in [5, 5.41) is 7.51. The minimum Gasteiger partial charge on any atom is -0.443 e. The van der Waals surface area contributed by atoms with Gasteiger partial charge in [0.1, 0.15) is 11.4 Å². The lowest BCUT2D eigenvalue weighted by Gasteiger charge is -2.23. The molecule has 1 N–H and O–H groups in total. The summed E-state index contributed by atoms with van der Waals surface area (Å²) in [7, 11) is 0. The van der Waals surface area contributed by atoms with Crippen molar-refractivity contribution in [2.24, 2.45) is 0 Å². The molecule has 0 aromatic heterocycles. The summed E-state index contributed by atoms with van der Waals surface area (Å²) in [6, 6.07) is 0. The summed E-state index contributed by atoms with van der Waals surface area (Å²) >= 11 is 0. The summed E-state index contributed by atoms with van der Waals surface area (Å²) in [5.74, 6) is 0.0688. The van der Waals surface area contributed by atoms with Crippen molar-refractivity contribution in [3.8, 4) is 0 Å². The van der Waals surface area contributed by atoms with Crippen LogP contribution >= 0.6 is 0 Å². The minimum atomic E-state index is -0.547. The van der Waals surface area contributed by atoms with Gasteiger partial charge in [-0.3, -0.25) is 5.41 Å². The third-order valence-corrected chi connectivity index (χ3v) is 1.56. The number of amides is 1. The van der Waals surface area contributed by atoms with Crippen LogP contribution in [0.2, 0.25) is 0 Å². The van der Waals surface area contributed by atoms with Crippen molar-refractivity contribution in [3.05, 3.63) is 24.4 Å². The van der Waals surface area contributed by atoms with Crippen LogP contribution in [0.5, 0.6) is 0 Å². The maximum Gasteiger partial charge on any atom is 0.420 e. The highest BCUT2D eigenvalue weighted by atomic mass is 16.6. The van der Waals surface area contributed by atoms with Crippen LogP contribution in [0.4, 0.5) is 4.79 Å².